The van der Waals surface area contributed by atoms with Crippen molar-refractivity contribution in [3.8, 4) is 17.2 Å². The van der Waals surface area contributed by atoms with E-state index in [-0.39, 0.29) is 103 Å². The minimum Gasteiger partial charge on any atom is -0.872 e. The number of para-hydroxylation sites is 5. The van der Waals surface area contributed by atoms with E-state index in [2.05, 4.69) is 52.9 Å². The molecule has 2 fully saturated rings. The van der Waals surface area contributed by atoms with E-state index in [0.717, 1.165) is 62.5 Å². The topological polar surface area (TPSA) is 264 Å². The number of aliphatic imine (C=N–C) groups is 2. The molecule has 5 aromatic rings. The van der Waals surface area contributed by atoms with E-state index in [4.69, 9.17) is 24.2 Å². The Balaban J connectivity index is 0.0000125. The summed E-state index contributed by atoms with van der Waals surface area (Å²) >= 11 is 0. The molecule has 1 saturated carbocycles. The Labute approximate surface area is 594 Å². The Bertz CT molecular complexity index is 3710. The maximum Gasteiger partial charge on any atom is 3.00 e. The summed E-state index contributed by atoms with van der Waals surface area (Å²) < 4.78 is 22.1. The van der Waals surface area contributed by atoms with E-state index in [1.54, 1.807) is 54.6 Å². The predicted molar refractivity (Wildman–Crippen MR) is 383 cm³/mol. The zero-order valence-electron chi connectivity index (χ0n) is 57.9. The third-order valence-corrected chi connectivity index (χ3v) is 18.8. The van der Waals surface area contributed by atoms with Crippen LogP contribution in [0, 0.1) is 12.0 Å². The summed E-state index contributed by atoms with van der Waals surface area (Å²) in [4.78, 5) is 94.3. The van der Waals surface area contributed by atoms with Crippen LogP contribution in [-0.4, -0.2) is 91.2 Å². The van der Waals surface area contributed by atoms with Gasteiger partial charge in [-0.3, -0.25) is 19.6 Å². The first-order valence-electron chi connectivity index (χ1n) is 35.9. The number of unbranched alkanes of at least 4 members (excludes halogenated alkanes) is 18. The van der Waals surface area contributed by atoms with Crippen molar-refractivity contribution < 1.29 is 74.4 Å². The van der Waals surface area contributed by atoms with Crippen LogP contribution in [0.25, 0.3) is 5.32 Å². The molecule has 9 rings (SSSR count). The zero-order valence-corrected chi connectivity index (χ0v) is 58.9. The Hall–Kier alpha value is -8.54. The molecule has 2 heterocycles. The third kappa shape index (κ3) is 21.0. The molecule has 4 N–H and O–H groups in total. The SMILES string of the molecule is CCCCCCCCCCCCOC(=O)c1cccc([N-]C(=O)c2cccc(C=N[C@H]3CCCC[C@@H]3N=Cc3cccc(C(=O)Nc4cccc(C(=O)OCCCCCCCCCCCC)c4NC(=O)c4cccc5c4OC[C@H]5C)c3[O-])c2[O-])c1NC(=O)C1=CCC=C2[C-]1[OH+]C[C@H]2C.[Ni+3]. The van der Waals surface area contributed by atoms with Gasteiger partial charge in [0.05, 0.1) is 65.9 Å². The quantitative estimate of drug-likeness (QED) is 0.00847. The van der Waals surface area contributed by atoms with Crippen molar-refractivity contribution in [1.29, 1.82) is 0 Å². The van der Waals surface area contributed by atoms with Crippen LogP contribution < -0.4 is 30.9 Å². The number of nitrogens with one attached hydrogen (secondary N) is 3. The minimum absolute atomic E-state index is 0. The van der Waals surface area contributed by atoms with E-state index in [9.17, 15) is 39.0 Å². The number of allylic oxidation sites excluding steroid dienone is 2. The summed E-state index contributed by atoms with van der Waals surface area (Å²) in [6.07, 6.45) is 33.0. The molecule has 0 unspecified atom stereocenters. The second-order valence-electron chi connectivity index (χ2n) is 26.3. The number of nitrogens with zero attached hydrogens (tertiary/aromatic N) is 3. The number of esters is 2. The molecular formula is C80H97N6NiO12. The van der Waals surface area contributed by atoms with Crippen molar-refractivity contribution in [3.63, 3.8) is 0 Å². The standard InChI is InChI=1S/C80H100N6O12.Ni/c1-5-7-9-11-13-15-17-19-21-25-47-95-79(93)59-37-31-45-67(69(59)85-77(91)63-41-29-35-57-53(3)51-97-73(57)63)83-75(89)61-39-27-33-55(71(61)87)49-81-65-43-23-24-44-66(65)82-50-56-34-28-40-62(72(56)88)76(90)84-68-46-32-38-60(80(94)96-48-26-22-20-18-16-14-12-10-8-6-2)70(68)86-78(92)64-42-30-36-58-54(4)52-98-74(58)64;/h27-29,31-42,45-46,49-50,53-54,65-66,98H,5-26,30,43-44,47-48,51-52H2,1-4H3,(H6,81,82,83,84,85,86,87,88,89,90,91,92,93,94);/q;+3/p-3/t53-,54-,65+,66+;/m1./s1. The van der Waals surface area contributed by atoms with Crippen molar-refractivity contribution in [2.24, 2.45) is 15.9 Å². The molecule has 0 bridgehead atoms. The smallest absolute Gasteiger partial charge is 0.872 e. The fourth-order valence-electron chi connectivity index (χ4n) is 13.1. The largest absolute Gasteiger partial charge is 3.00 e. The van der Waals surface area contributed by atoms with Gasteiger partial charge in [-0.2, -0.15) is 0 Å². The van der Waals surface area contributed by atoms with Crippen LogP contribution in [-0.2, 0) is 30.8 Å². The van der Waals surface area contributed by atoms with E-state index in [1.807, 2.05) is 13.0 Å². The van der Waals surface area contributed by atoms with Gasteiger partial charge in [-0.05, 0) is 77.8 Å². The van der Waals surface area contributed by atoms with Crippen LogP contribution in [0.5, 0.6) is 17.2 Å². The number of fused-ring (bicyclic) bond motifs is 2. The number of ether oxygens (including phenoxy) is 4. The molecule has 5 aromatic carbocycles. The van der Waals surface area contributed by atoms with Crippen LogP contribution in [0.1, 0.15) is 263 Å². The van der Waals surface area contributed by atoms with Crippen LogP contribution in [0.2, 0.25) is 0 Å². The molecule has 4 aliphatic rings. The average Bonchev–Trinajstić information content (AvgIpc) is 1.74. The average molecular weight is 1390 g/mol. The van der Waals surface area contributed by atoms with Crippen LogP contribution in [0.3, 0.4) is 0 Å². The molecular weight excluding hydrogens is 1300 g/mol. The van der Waals surface area contributed by atoms with Gasteiger partial charge in [0.25, 0.3) is 11.8 Å². The third-order valence-electron chi connectivity index (χ3n) is 18.8. The summed E-state index contributed by atoms with van der Waals surface area (Å²) in [5.41, 5.74) is 2.30. The van der Waals surface area contributed by atoms with Gasteiger partial charge in [-0.15, -0.1) is 17.8 Å². The summed E-state index contributed by atoms with van der Waals surface area (Å²) in [5.74, 6) is -4.72. The van der Waals surface area contributed by atoms with E-state index < -0.39 is 59.2 Å². The monoisotopic (exact) mass is 1390 g/mol. The minimum atomic E-state index is -0.899. The molecule has 18 nitrogen and oxygen atoms in total. The van der Waals surface area contributed by atoms with Gasteiger partial charge in [0, 0.05) is 41.1 Å². The van der Waals surface area contributed by atoms with Crippen molar-refractivity contribution in [3.05, 3.63) is 170 Å². The van der Waals surface area contributed by atoms with Gasteiger partial charge in [0.2, 0.25) is 0 Å². The van der Waals surface area contributed by atoms with Gasteiger partial charge in [0.1, 0.15) is 18.5 Å². The van der Waals surface area contributed by atoms with Crippen molar-refractivity contribution in [1.82, 2.24) is 0 Å². The molecule has 19 heteroatoms. The number of anilines is 3. The first-order chi connectivity index (χ1) is 47.8. The van der Waals surface area contributed by atoms with Gasteiger partial charge >= 0.3 is 28.4 Å². The zero-order chi connectivity index (χ0) is 69.2. The maximum atomic E-state index is 14.3. The summed E-state index contributed by atoms with van der Waals surface area (Å²) in [6.45, 7) is 9.78. The van der Waals surface area contributed by atoms with Crippen molar-refractivity contribution in [2.75, 3.05) is 42.4 Å². The summed E-state index contributed by atoms with van der Waals surface area (Å²) in [5, 5.41) is 41.4. The first-order valence-corrected chi connectivity index (χ1v) is 35.9. The molecule has 4 atom stereocenters. The number of hydrogen-bond acceptors (Lipinski definition) is 13. The molecule has 1 radical (unpaired) electrons. The number of aliphatic hydroxyl groups is 2. The predicted octanol–water partition coefficient (Wildman–Crippen LogP) is 16.6. The first kappa shape index (κ1) is 76.2. The van der Waals surface area contributed by atoms with Crippen LogP contribution >= 0.6 is 0 Å². The van der Waals surface area contributed by atoms with Gasteiger partial charge in [-0.1, -0.05) is 241 Å². The Morgan fingerprint density at radius 2 is 1.05 bits per heavy atom. The van der Waals surface area contributed by atoms with Crippen LogP contribution in [0.4, 0.5) is 22.7 Å². The van der Waals surface area contributed by atoms with Gasteiger partial charge < -0.3 is 60.0 Å². The second-order valence-corrected chi connectivity index (χ2v) is 26.3. The second kappa shape index (κ2) is 39.3. The fourth-order valence-corrected chi connectivity index (χ4v) is 13.1. The molecule has 529 valence electrons. The number of rotatable bonds is 36. The van der Waals surface area contributed by atoms with Crippen molar-refractivity contribution >= 4 is 70.7 Å². The fraction of sp³-hybridized carbons (Fsp3) is 0.463. The molecule has 0 spiro atoms. The maximum absolute atomic E-state index is 14.3. The number of hydrogen-bond donors (Lipinski definition) is 3. The normalized spacial score (nSPS) is 17.0. The van der Waals surface area contributed by atoms with Crippen molar-refractivity contribution in [2.45, 2.75) is 206 Å². The van der Waals surface area contributed by atoms with Gasteiger partial charge in [-0.25, -0.2) is 9.59 Å². The molecule has 2 aliphatic carbocycles. The molecule has 0 aromatic heterocycles. The molecule has 2 aliphatic heterocycles. The van der Waals surface area contributed by atoms with E-state index >= 15 is 0 Å². The molecule has 99 heavy (non-hydrogen) atoms. The Morgan fingerprint density at radius 1 is 0.566 bits per heavy atom. The number of carbonyl (C=O) groups excluding carboxylic acids is 6. The summed E-state index contributed by atoms with van der Waals surface area (Å²) in [6, 6.07) is 22.7. The number of carbonyl (C=O) groups is 6. The van der Waals surface area contributed by atoms with Gasteiger partial charge in [0.15, 0.2) is 5.91 Å². The Morgan fingerprint density at radius 3 is 1.65 bits per heavy atom. The number of benzene rings is 5. The summed E-state index contributed by atoms with van der Waals surface area (Å²) in [7, 11) is 0. The van der Waals surface area contributed by atoms with E-state index in [1.165, 1.54) is 126 Å². The Kier molecular flexibility index (Phi) is 30.3. The number of amides is 4. The van der Waals surface area contributed by atoms with E-state index in [0.29, 0.717) is 62.7 Å². The van der Waals surface area contributed by atoms with Crippen LogP contribution in [0.15, 0.2) is 124 Å². The molecule has 1 saturated heterocycles. The molecule has 4 amide bonds.